The fraction of sp³-hybridized carbons (Fsp3) is 0.750. The highest BCUT2D eigenvalue weighted by Crippen LogP contribution is 2.58. The summed E-state index contributed by atoms with van der Waals surface area (Å²) in [5, 5.41) is 10.5. The summed E-state index contributed by atoms with van der Waals surface area (Å²) in [5.74, 6) is -2.22. The minimum Gasteiger partial charge on any atom is -0.394 e. The third-order valence-electron chi connectivity index (χ3n) is 8.73. The van der Waals surface area contributed by atoms with Crippen molar-refractivity contribution in [3.05, 3.63) is 24.3 Å². The molecular formula is C28H43N3O5. The monoisotopic (exact) mass is 501 g/mol. The van der Waals surface area contributed by atoms with Gasteiger partial charge in [-0.2, -0.15) is 0 Å². The van der Waals surface area contributed by atoms with Gasteiger partial charge in [-0.05, 0) is 40.0 Å². The van der Waals surface area contributed by atoms with Crippen LogP contribution in [0, 0.1) is 17.8 Å². The molecule has 2 fully saturated rings. The van der Waals surface area contributed by atoms with E-state index < -0.39 is 40.7 Å². The van der Waals surface area contributed by atoms with E-state index in [4.69, 9.17) is 4.74 Å². The third kappa shape index (κ3) is 3.83. The van der Waals surface area contributed by atoms with Crippen molar-refractivity contribution in [1.29, 1.82) is 0 Å². The molecule has 1 spiro atoms. The fourth-order valence-corrected chi connectivity index (χ4v) is 6.76. The van der Waals surface area contributed by atoms with Gasteiger partial charge in [0.2, 0.25) is 17.7 Å². The van der Waals surface area contributed by atoms with E-state index in [0.717, 1.165) is 12.8 Å². The largest absolute Gasteiger partial charge is 0.394 e. The summed E-state index contributed by atoms with van der Waals surface area (Å²) >= 11 is 0. The molecule has 2 saturated heterocycles. The maximum absolute atomic E-state index is 14.4. The summed E-state index contributed by atoms with van der Waals surface area (Å²) in [6.45, 7) is 15.0. The van der Waals surface area contributed by atoms with Crippen LogP contribution in [0.2, 0.25) is 0 Å². The molecule has 0 aromatic heterocycles. The van der Waals surface area contributed by atoms with Crippen LogP contribution in [0.5, 0.6) is 0 Å². The molecule has 0 saturated carbocycles. The van der Waals surface area contributed by atoms with Gasteiger partial charge in [-0.15, -0.1) is 0 Å². The number of hydrogen-bond donors (Lipinski definition) is 1. The van der Waals surface area contributed by atoms with Crippen LogP contribution in [-0.4, -0.2) is 92.6 Å². The number of carbonyl (C=O) groups excluding carboxylic acids is 3. The third-order valence-corrected chi connectivity index (χ3v) is 8.73. The molecule has 200 valence electrons. The van der Waals surface area contributed by atoms with E-state index in [1.54, 1.807) is 14.7 Å². The average Bonchev–Trinajstić information content (AvgIpc) is 3.07. The van der Waals surface area contributed by atoms with Crippen LogP contribution in [0.1, 0.15) is 61.3 Å². The maximum atomic E-state index is 14.4. The van der Waals surface area contributed by atoms with Crippen LogP contribution >= 0.6 is 0 Å². The molecule has 0 aliphatic carbocycles. The summed E-state index contributed by atoms with van der Waals surface area (Å²) in [4.78, 5) is 47.9. The molecule has 4 rings (SSSR count). The molecular weight excluding hydrogens is 458 g/mol. The van der Waals surface area contributed by atoms with Gasteiger partial charge in [0.1, 0.15) is 11.6 Å². The van der Waals surface area contributed by atoms with Gasteiger partial charge in [0.15, 0.2) is 0 Å². The number of fused-ring (bicyclic) bond motifs is 2. The van der Waals surface area contributed by atoms with E-state index in [-0.39, 0.29) is 30.2 Å². The molecule has 1 N–H and O–H groups in total. The average molecular weight is 502 g/mol. The lowest BCUT2D eigenvalue weighted by Crippen LogP contribution is -2.62. The predicted molar refractivity (Wildman–Crippen MR) is 137 cm³/mol. The molecule has 4 heterocycles. The summed E-state index contributed by atoms with van der Waals surface area (Å²) in [6, 6.07) is -1.51. The standard InChI is InChI=1S/C28H43N3O5/c1-8-14-29-15-10-12-27(7)20(23(29)33)21-24(34)31(19(17-32)18(3)9-2)22-25(35)30(26(4,5)6)16-11-13-28(21,22)36-27/h10-13,18-22,32H,8-9,14-17H2,1-7H3/t18-,19-,20+,21-,22?,27-,28-/m0/s1. The van der Waals surface area contributed by atoms with Gasteiger partial charge in [0.25, 0.3) is 0 Å². The van der Waals surface area contributed by atoms with Crippen molar-refractivity contribution in [2.45, 2.75) is 90.1 Å². The van der Waals surface area contributed by atoms with Crippen molar-refractivity contribution in [2.24, 2.45) is 17.8 Å². The molecule has 4 aliphatic rings. The molecule has 0 bridgehead atoms. The van der Waals surface area contributed by atoms with Crippen LogP contribution < -0.4 is 0 Å². The molecule has 7 atom stereocenters. The molecule has 4 aliphatic heterocycles. The number of aliphatic hydroxyl groups excluding tert-OH is 1. The zero-order chi connectivity index (χ0) is 26.6. The minimum atomic E-state index is -1.29. The fourth-order valence-electron chi connectivity index (χ4n) is 6.76. The number of amides is 3. The molecule has 0 aromatic rings. The summed E-state index contributed by atoms with van der Waals surface area (Å²) in [7, 11) is 0. The van der Waals surface area contributed by atoms with Gasteiger partial charge in [0, 0.05) is 25.2 Å². The Bertz CT molecular complexity index is 971. The minimum absolute atomic E-state index is 0.0364. The number of rotatable bonds is 6. The van der Waals surface area contributed by atoms with Gasteiger partial charge in [-0.25, -0.2) is 0 Å². The van der Waals surface area contributed by atoms with E-state index in [0.29, 0.717) is 19.6 Å². The SMILES string of the molecule is CCCN1CC=C[C@]2(C)O[C@]34C=CCN(C(C)(C)C)C(=O)C3N([C@@H](CO)[C@@H](C)CC)C(=O)[C@@H]4[C@@H]2C1=O. The number of nitrogens with zero attached hydrogens (tertiary/aromatic N) is 3. The highest BCUT2D eigenvalue weighted by Gasteiger charge is 2.75. The zero-order valence-corrected chi connectivity index (χ0v) is 22.9. The second-order valence-electron chi connectivity index (χ2n) is 12.1. The van der Waals surface area contributed by atoms with Gasteiger partial charge in [-0.3, -0.25) is 14.4 Å². The van der Waals surface area contributed by atoms with Crippen molar-refractivity contribution in [3.63, 3.8) is 0 Å². The van der Waals surface area contributed by atoms with Crippen molar-refractivity contribution >= 4 is 17.7 Å². The van der Waals surface area contributed by atoms with Crippen LogP contribution in [0.4, 0.5) is 0 Å². The van der Waals surface area contributed by atoms with E-state index in [9.17, 15) is 19.5 Å². The van der Waals surface area contributed by atoms with Gasteiger partial charge < -0.3 is 24.5 Å². The molecule has 36 heavy (non-hydrogen) atoms. The van der Waals surface area contributed by atoms with E-state index in [1.165, 1.54) is 0 Å². The highest BCUT2D eigenvalue weighted by atomic mass is 16.5. The number of carbonyl (C=O) groups is 3. The molecule has 0 aromatic carbocycles. The van der Waals surface area contributed by atoms with Crippen molar-refractivity contribution < 1.29 is 24.2 Å². The first kappa shape index (κ1) is 26.9. The Morgan fingerprint density at radius 2 is 1.72 bits per heavy atom. The van der Waals surface area contributed by atoms with Crippen molar-refractivity contribution in [1.82, 2.24) is 14.7 Å². The quantitative estimate of drug-likeness (QED) is 0.565. The predicted octanol–water partition coefficient (Wildman–Crippen LogP) is 2.37. The van der Waals surface area contributed by atoms with Gasteiger partial charge in [-0.1, -0.05) is 51.5 Å². The van der Waals surface area contributed by atoms with Crippen LogP contribution in [0.25, 0.3) is 0 Å². The first-order chi connectivity index (χ1) is 16.9. The summed E-state index contributed by atoms with van der Waals surface area (Å²) < 4.78 is 6.85. The summed E-state index contributed by atoms with van der Waals surface area (Å²) in [5.41, 5.74) is -2.79. The smallest absolute Gasteiger partial charge is 0.249 e. The number of hydrogen-bond acceptors (Lipinski definition) is 5. The molecule has 8 nitrogen and oxygen atoms in total. The van der Waals surface area contributed by atoms with Crippen LogP contribution in [-0.2, 0) is 19.1 Å². The lowest BCUT2D eigenvalue weighted by atomic mass is 9.74. The Kier molecular flexibility index (Phi) is 6.92. The molecule has 1 unspecified atom stereocenters. The van der Waals surface area contributed by atoms with Gasteiger partial charge in [0.05, 0.1) is 30.1 Å². The Hall–Kier alpha value is -2.19. The number of likely N-dealkylation sites (tertiary alicyclic amines) is 1. The van der Waals surface area contributed by atoms with Crippen molar-refractivity contribution in [2.75, 3.05) is 26.2 Å². The lowest BCUT2D eigenvalue weighted by molar-refractivity contribution is -0.159. The Morgan fingerprint density at radius 3 is 2.31 bits per heavy atom. The maximum Gasteiger partial charge on any atom is 0.249 e. The summed E-state index contributed by atoms with van der Waals surface area (Å²) in [6.07, 6.45) is 9.19. The molecule has 3 amide bonds. The topological polar surface area (TPSA) is 90.4 Å². The Labute approximate surface area is 215 Å². The zero-order valence-electron chi connectivity index (χ0n) is 22.9. The number of ether oxygens (including phenoxy) is 1. The second kappa shape index (κ2) is 9.28. The first-order valence-corrected chi connectivity index (χ1v) is 13.5. The van der Waals surface area contributed by atoms with Crippen LogP contribution in [0.3, 0.4) is 0 Å². The molecule has 0 radical (unpaired) electrons. The highest BCUT2D eigenvalue weighted by molar-refractivity contribution is 6.00. The van der Waals surface area contributed by atoms with E-state index >= 15 is 0 Å². The van der Waals surface area contributed by atoms with E-state index in [2.05, 4.69) is 0 Å². The first-order valence-electron chi connectivity index (χ1n) is 13.5. The van der Waals surface area contributed by atoms with Crippen LogP contribution in [0.15, 0.2) is 24.3 Å². The van der Waals surface area contributed by atoms with Crippen molar-refractivity contribution in [3.8, 4) is 0 Å². The number of aliphatic hydroxyl groups is 1. The molecule has 8 heteroatoms. The van der Waals surface area contributed by atoms with Gasteiger partial charge >= 0.3 is 0 Å². The second-order valence-corrected chi connectivity index (χ2v) is 12.1. The normalized spacial score (nSPS) is 35.9. The Balaban J connectivity index is 1.92. The van der Waals surface area contributed by atoms with E-state index in [1.807, 2.05) is 72.8 Å². The Morgan fingerprint density at radius 1 is 1.06 bits per heavy atom. The lowest BCUT2D eigenvalue weighted by Gasteiger charge is -2.44.